The van der Waals surface area contributed by atoms with Crippen molar-refractivity contribution in [3.8, 4) is 5.75 Å². The van der Waals surface area contributed by atoms with Crippen LogP contribution in [0.1, 0.15) is 50.7 Å². The van der Waals surface area contributed by atoms with Crippen LogP contribution in [-0.4, -0.2) is 31.5 Å². The summed E-state index contributed by atoms with van der Waals surface area (Å²) in [5.74, 6) is -0.881. The lowest BCUT2D eigenvalue weighted by molar-refractivity contribution is -0.142. The molecule has 0 amide bonds. The Bertz CT molecular complexity index is 720. The third-order valence-electron chi connectivity index (χ3n) is 3.26. The molecule has 0 aliphatic heterocycles. The van der Waals surface area contributed by atoms with Gasteiger partial charge in [0.2, 0.25) is 0 Å². The molecule has 134 valence electrons. The van der Waals surface area contributed by atoms with E-state index >= 15 is 0 Å². The lowest BCUT2D eigenvalue weighted by Crippen LogP contribution is -2.12. The minimum Gasteiger partial charge on any atom is -0.466 e. The van der Waals surface area contributed by atoms with Crippen molar-refractivity contribution in [1.82, 2.24) is 0 Å². The third-order valence-corrected chi connectivity index (χ3v) is 4.17. The predicted molar refractivity (Wildman–Crippen MR) is 86.6 cm³/mol. The average Bonchev–Trinajstić information content (AvgIpc) is 2.43. The molecule has 0 bridgehead atoms. The first-order valence-corrected chi connectivity index (χ1v) is 8.92. The standard InChI is InChI=1S/C16H22O7S/c1-10(2)13-9-14(11(3)8-15(13)24(19,20)21)23-16(18)6-5-7-22-12(4)17/h8-10H,5-7H2,1-4H3,(H,19,20,21). The normalized spacial score (nSPS) is 11.4. The molecule has 24 heavy (non-hydrogen) atoms. The topological polar surface area (TPSA) is 107 Å². The molecule has 0 saturated heterocycles. The number of hydrogen-bond donors (Lipinski definition) is 1. The summed E-state index contributed by atoms with van der Waals surface area (Å²) in [4.78, 5) is 22.3. The molecule has 0 saturated carbocycles. The van der Waals surface area contributed by atoms with E-state index in [4.69, 9.17) is 9.47 Å². The van der Waals surface area contributed by atoms with Crippen LogP contribution in [-0.2, 0) is 24.4 Å². The quantitative estimate of drug-likeness (QED) is 0.345. The van der Waals surface area contributed by atoms with Crippen molar-refractivity contribution in [1.29, 1.82) is 0 Å². The Morgan fingerprint density at radius 3 is 2.38 bits per heavy atom. The highest BCUT2D eigenvalue weighted by molar-refractivity contribution is 7.85. The number of carbonyl (C=O) groups is 2. The first-order chi connectivity index (χ1) is 11.0. The molecule has 0 aliphatic rings. The highest BCUT2D eigenvalue weighted by Crippen LogP contribution is 2.31. The van der Waals surface area contributed by atoms with Gasteiger partial charge < -0.3 is 9.47 Å². The van der Waals surface area contributed by atoms with Gasteiger partial charge in [0.05, 0.1) is 11.5 Å². The van der Waals surface area contributed by atoms with E-state index in [-0.39, 0.29) is 29.6 Å². The average molecular weight is 358 g/mol. The van der Waals surface area contributed by atoms with Crippen molar-refractivity contribution in [3.05, 3.63) is 23.3 Å². The SMILES string of the molecule is CC(=O)OCCCC(=O)Oc1cc(C(C)C)c(S(=O)(=O)O)cc1C. The largest absolute Gasteiger partial charge is 0.466 e. The van der Waals surface area contributed by atoms with Gasteiger partial charge in [-0.3, -0.25) is 14.1 Å². The maximum Gasteiger partial charge on any atom is 0.311 e. The summed E-state index contributed by atoms with van der Waals surface area (Å²) in [5.41, 5.74) is 0.783. The van der Waals surface area contributed by atoms with Gasteiger partial charge in [-0.05, 0) is 42.5 Å². The first-order valence-electron chi connectivity index (χ1n) is 7.48. The summed E-state index contributed by atoms with van der Waals surface area (Å²) in [5, 5.41) is 0. The van der Waals surface area contributed by atoms with Gasteiger partial charge in [0, 0.05) is 13.3 Å². The Hall–Kier alpha value is -1.93. The smallest absolute Gasteiger partial charge is 0.311 e. The van der Waals surface area contributed by atoms with Gasteiger partial charge in [0.25, 0.3) is 10.1 Å². The number of ether oxygens (including phenoxy) is 2. The molecule has 1 N–H and O–H groups in total. The van der Waals surface area contributed by atoms with E-state index in [0.29, 0.717) is 17.5 Å². The van der Waals surface area contributed by atoms with Gasteiger partial charge >= 0.3 is 11.9 Å². The Labute approximate surface area is 141 Å². The van der Waals surface area contributed by atoms with Crippen LogP contribution in [0.4, 0.5) is 0 Å². The first kappa shape index (κ1) is 20.1. The van der Waals surface area contributed by atoms with E-state index in [0.717, 1.165) is 0 Å². The van der Waals surface area contributed by atoms with Crippen LogP contribution in [0.2, 0.25) is 0 Å². The van der Waals surface area contributed by atoms with Crippen LogP contribution in [0, 0.1) is 6.92 Å². The Balaban J connectivity index is 2.91. The number of hydrogen-bond acceptors (Lipinski definition) is 6. The Kier molecular flexibility index (Phi) is 6.92. The summed E-state index contributed by atoms with van der Waals surface area (Å²) < 4.78 is 42.3. The van der Waals surface area contributed by atoms with Crippen LogP contribution < -0.4 is 4.74 Å². The number of aryl methyl sites for hydroxylation is 1. The second kappa shape index (κ2) is 8.25. The highest BCUT2D eigenvalue weighted by Gasteiger charge is 2.21. The van der Waals surface area contributed by atoms with Crippen LogP contribution in [0.5, 0.6) is 5.75 Å². The molecule has 0 heterocycles. The van der Waals surface area contributed by atoms with E-state index < -0.39 is 22.1 Å². The van der Waals surface area contributed by atoms with Crippen molar-refractivity contribution in [2.45, 2.75) is 51.3 Å². The van der Waals surface area contributed by atoms with Gasteiger partial charge in [-0.1, -0.05) is 13.8 Å². The summed E-state index contributed by atoms with van der Waals surface area (Å²) in [6.07, 6.45) is 0.390. The van der Waals surface area contributed by atoms with E-state index in [1.54, 1.807) is 20.8 Å². The van der Waals surface area contributed by atoms with Crippen LogP contribution in [0.15, 0.2) is 17.0 Å². The van der Waals surface area contributed by atoms with E-state index in [2.05, 4.69) is 0 Å². The zero-order valence-corrected chi connectivity index (χ0v) is 15.0. The summed E-state index contributed by atoms with van der Waals surface area (Å²) in [7, 11) is -4.36. The number of esters is 2. The lowest BCUT2D eigenvalue weighted by atomic mass is 10.0. The molecule has 0 atom stereocenters. The molecule has 0 unspecified atom stereocenters. The minimum absolute atomic E-state index is 0.0593. The lowest BCUT2D eigenvalue weighted by Gasteiger charge is -2.15. The molecule has 0 radical (unpaired) electrons. The van der Waals surface area contributed by atoms with Crippen molar-refractivity contribution < 1.29 is 32.0 Å². The Morgan fingerprint density at radius 1 is 1.25 bits per heavy atom. The fraction of sp³-hybridized carbons (Fsp3) is 0.500. The summed E-state index contributed by atoms with van der Waals surface area (Å²) in [6.45, 7) is 6.53. The molecule has 0 aromatic heterocycles. The minimum atomic E-state index is -4.36. The summed E-state index contributed by atoms with van der Waals surface area (Å²) in [6, 6.07) is 2.74. The monoisotopic (exact) mass is 358 g/mol. The molecule has 1 aromatic rings. The van der Waals surface area contributed by atoms with Gasteiger partial charge in [0.1, 0.15) is 5.75 Å². The molecule has 7 nitrogen and oxygen atoms in total. The highest BCUT2D eigenvalue weighted by atomic mass is 32.2. The Morgan fingerprint density at radius 2 is 1.88 bits per heavy atom. The number of carbonyl (C=O) groups excluding carboxylic acids is 2. The van der Waals surface area contributed by atoms with E-state index in [1.165, 1.54) is 19.1 Å². The van der Waals surface area contributed by atoms with E-state index in [1.807, 2.05) is 0 Å². The van der Waals surface area contributed by atoms with Gasteiger partial charge in [-0.15, -0.1) is 0 Å². The fourth-order valence-electron chi connectivity index (χ4n) is 2.07. The van der Waals surface area contributed by atoms with Crippen LogP contribution in [0.25, 0.3) is 0 Å². The van der Waals surface area contributed by atoms with E-state index in [9.17, 15) is 22.6 Å². The second-order valence-electron chi connectivity index (χ2n) is 5.70. The van der Waals surface area contributed by atoms with Gasteiger partial charge in [-0.2, -0.15) is 8.42 Å². The zero-order valence-electron chi connectivity index (χ0n) is 14.2. The van der Waals surface area contributed by atoms with Crippen molar-refractivity contribution in [2.75, 3.05) is 6.61 Å². The molecule has 8 heteroatoms. The predicted octanol–water partition coefficient (Wildman–Crippen LogP) is 2.61. The molecule has 0 aliphatic carbocycles. The van der Waals surface area contributed by atoms with Crippen LogP contribution in [0.3, 0.4) is 0 Å². The van der Waals surface area contributed by atoms with Gasteiger partial charge in [0.15, 0.2) is 0 Å². The fourth-order valence-corrected chi connectivity index (χ4v) is 2.99. The molecule has 1 rings (SSSR count). The molecular formula is C16H22O7S. The second-order valence-corrected chi connectivity index (χ2v) is 7.09. The molecule has 1 aromatic carbocycles. The zero-order chi connectivity index (χ0) is 18.5. The third kappa shape index (κ3) is 5.93. The maximum absolute atomic E-state index is 11.8. The van der Waals surface area contributed by atoms with Crippen molar-refractivity contribution in [3.63, 3.8) is 0 Å². The van der Waals surface area contributed by atoms with Crippen molar-refractivity contribution >= 4 is 22.1 Å². The van der Waals surface area contributed by atoms with Crippen LogP contribution >= 0.6 is 0 Å². The molecule has 0 fully saturated rings. The van der Waals surface area contributed by atoms with Gasteiger partial charge in [-0.25, -0.2) is 0 Å². The van der Waals surface area contributed by atoms with Crippen molar-refractivity contribution in [2.24, 2.45) is 0 Å². The summed E-state index contributed by atoms with van der Waals surface area (Å²) >= 11 is 0. The molecule has 0 spiro atoms. The number of rotatable bonds is 7. The molecular weight excluding hydrogens is 336 g/mol. The number of benzene rings is 1. The maximum atomic E-state index is 11.8.